The van der Waals surface area contributed by atoms with Crippen LogP contribution >= 0.6 is 15.9 Å². The molecule has 7 nitrogen and oxygen atoms in total. The number of carbonyl (C=O) groups excluding carboxylic acids is 1. The van der Waals surface area contributed by atoms with Gasteiger partial charge in [0.2, 0.25) is 0 Å². The van der Waals surface area contributed by atoms with Crippen molar-refractivity contribution in [2.75, 3.05) is 6.54 Å². The van der Waals surface area contributed by atoms with Gasteiger partial charge in [-0.15, -0.1) is 0 Å². The van der Waals surface area contributed by atoms with Crippen LogP contribution in [-0.4, -0.2) is 32.0 Å². The summed E-state index contributed by atoms with van der Waals surface area (Å²) < 4.78 is 10.4. The summed E-state index contributed by atoms with van der Waals surface area (Å²) in [6, 6.07) is 9.75. The van der Waals surface area contributed by atoms with Gasteiger partial charge in [-0.05, 0) is 65.4 Å². The summed E-state index contributed by atoms with van der Waals surface area (Å²) in [5, 5.41) is 11.7. The zero-order valence-electron chi connectivity index (χ0n) is 18.8. The third-order valence-corrected chi connectivity index (χ3v) is 6.23. The molecule has 31 heavy (non-hydrogen) atoms. The third-order valence-electron chi connectivity index (χ3n) is 5.08. The number of hydrogen-bond donors (Lipinski definition) is 1. The topological polar surface area (TPSA) is 74.0 Å². The number of aryl methyl sites for hydroxylation is 2. The van der Waals surface area contributed by atoms with Crippen molar-refractivity contribution in [2.45, 2.75) is 59.7 Å². The fourth-order valence-electron chi connectivity index (χ4n) is 3.16. The molecule has 0 saturated heterocycles. The minimum Gasteiger partial charge on any atom is -0.471 e. The molecule has 0 aliphatic rings. The second-order valence-corrected chi connectivity index (χ2v) is 9.40. The minimum absolute atomic E-state index is 0.107. The zero-order valence-corrected chi connectivity index (χ0v) is 20.4. The summed E-state index contributed by atoms with van der Waals surface area (Å²) >= 11 is 3.53. The lowest BCUT2D eigenvalue weighted by Crippen LogP contribution is -2.26. The Balaban J connectivity index is 1.44. The maximum Gasteiger partial charge on any atom is 0.271 e. The van der Waals surface area contributed by atoms with Crippen molar-refractivity contribution in [3.05, 3.63) is 63.6 Å². The number of nitrogens with zero attached hydrogens (tertiary/aromatic N) is 4. The van der Waals surface area contributed by atoms with Gasteiger partial charge in [-0.2, -0.15) is 10.2 Å². The number of amides is 1. The van der Waals surface area contributed by atoms with Crippen molar-refractivity contribution in [2.24, 2.45) is 0 Å². The molecule has 2 aromatic heterocycles. The normalized spacial score (nSPS) is 11.5. The average molecular weight is 488 g/mol. The SMILES string of the molecule is Cc1nn(CCCNC(=O)c2ccn(COc3ccc(C(C)(C)C)cc3)n2)c(C)c1Br. The van der Waals surface area contributed by atoms with E-state index in [4.69, 9.17) is 4.74 Å². The van der Waals surface area contributed by atoms with Crippen LogP contribution in [0.25, 0.3) is 0 Å². The Morgan fingerprint density at radius 1 is 1.13 bits per heavy atom. The van der Waals surface area contributed by atoms with Crippen LogP contribution in [0.4, 0.5) is 0 Å². The van der Waals surface area contributed by atoms with Gasteiger partial charge in [0.25, 0.3) is 5.91 Å². The Bertz CT molecular complexity index is 1030. The number of rotatable bonds is 8. The molecular weight excluding hydrogens is 458 g/mol. The molecule has 0 bridgehead atoms. The molecule has 0 spiro atoms. The average Bonchev–Trinajstić information content (AvgIpc) is 3.30. The predicted molar refractivity (Wildman–Crippen MR) is 124 cm³/mol. The number of carbonyl (C=O) groups is 1. The number of halogens is 1. The third kappa shape index (κ3) is 5.97. The second-order valence-electron chi connectivity index (χ2n) is 8.61. The lowest BCUT2D eigenvalue weighted by molar-refractivity contribution is 0.0945. The Hall–Kier alpha value is -2.61. The van der Waals surface area contributed by atoms with Crippen LogP contribution in [0.1, 0.15) is 54.6 Å². The van der Waals surface area contributed by atoms with Crippen LogP contribution in [0.15, 0.2) is 41.0 Å². The van der Waals surface area contributed by atoms with Gasteiger partial charge < -0.3 is 10.1 Å². The quantitative estimate of drug-likeness (QED) is 0.470. The summed E-state index contributed by atoms with van der Waals surface area (Å²) in [7, 11) is 0. The maximum absolute atomic E-state index is 12.3. The smallest absolute Gasteiger partial charge is 0.271 e. The van der Waals surface area contributed by atoms with Gasteiger partial charge in [0.1, 0.15) is 11.4 Å². The van der Waals surface area contributed by atoms with Crippen molar-refractivity contribution < 1.29 is 9.53 Å². The lowest BCUT2D eigenvalue weighted by atomic mass is 9.87. The van der Waals surface area contributed by atoms with Crippen molar-refractivity contribution in [3.8, 4) is 5.75 Å². The summed E-state index contributed by atoms with van der Waals surface area (Å²) in [6.07, 6.45) is 2.53. The van der Waals surface area contributed by atoms with Gasteiger partial charge in [0.05, 0.1) is 10.2 Å². The molecule has 8 heteroatoms. The zero-order chi connectivity index (χ0) is 22.6. The molecule has 1 amide bonds. The Morgan fingerprint density at radius 2 is 1.84 bits per heavy atom. The van der Waals surface area contributed by atoms with Crippen LogP contribution in [0, 0.1) is 13.8 Å². The van der Waals surface area contributed by atoms with Gasteiger partial charge >= 0.3 is 0 Å². The number of benzene rings is 1. The van der Waals surface area contributed by atoms with E-state index in [2.05, 4.69) is 64.3 Å². The monoisotopic (exact) mass is 487 g/mol. The van der Waals surface area contributed by atoms with E-state index in [0.717, 1.165) is 34.6 Å². The summed E-state index contributed by atoms with van der Waals surface area (Å²) in [4.78, 5) is 12.3. The predicted octanol–water partition coefficient (Wildman–Crippen LogP) is 4.61. The number of hydrogen-bond acceptors (Lipinski definition) is 4. The highest BCUT2D eigenvalue weighted by Gasteiger charge is 2.13. The van der Waals surface area contributed by atoms with Gasteiger partial charge in [-0.3, -0.25) is 9.48 Å². The van der Waals surface area contributed by atoms with E-state index in [-0.39, 0.29) is 18.1 Å². The fraction of sp³-hybridized carbons (Fsp3) is 0.435. The van der Waals surface area contributed by atoms with E-state index in [0.29, 0.717) is 12.2 Å². The molecule has 0 unspecified atom stereocenters. The minimum atomic E-state index is -0.192. The number of aromatic nitrogens is 4. The maximum atomic E-state index is 12.3. The molecule has 3 aromatic rings. The molecule has 0 atom stereocenters. The molecule has 3 rings (SSSR count). The highest BCUT2D eigenvalue weighted by Crippen LogP contribution is 2.24. The molecule has 0 fully saturated rings. The molecule has 166 valence electrons. The molecule has 0 aliphatic carbocycles. The molecule has 1 N–H and O–H groups in total. The summed E-state index contributed by atoms with van der Waals surface area (Å²) in [5.74, 6) is 0.577. The van der Waals surface area contributed by atoms with Gasteiger partial charge in [-0.1, -0.05) is 32.9 Å². The first-order chi connectivity index (χ1) is 14.6. The Kier molecular flexibility index (Phi) is 7.20. The molecule has 1 aromatic carbocycles. The van der Waals surface area contributed by atoms with E-state index in [1.165, 1.54) is 5.56 Å². The molecule has 2 heterocycles. The van der Waals surface area contributed by atoms with Crippen LogP contribution in [-0.2, 0) is 18.7 Å². The van der Waals surface area contributed by atoms with E-state index in [1.54, 1.807) is 16.9 Å². The molecule has 0 saturated carbocycles. The second kappa shape index (κ2) is 9.68. The standard InChI is InChI=1S/C23H30BrN5O2/c1-16-21(24)17(2)29(26-16)13-6-12-25-22(30)20-11-14-28(27-20)15-31-19-9-7-18(8-10-19)23(3,4)5/h7-11,14H,6,12-13,15H2,1-5H3,(H,25,30). The van der Waals surface area contributed by atoms with Crippen molar-refractivity contribution in [3.63, 3.8) is 0 Å². The largest absolute Gasteiger partial charge is 0.471 e. The van der Waals surface area contributed by atoms with E-state index in [9.17, 15) is 4.79 Å². The summed E-state index contributed by atoms with van der Waals surface area (Å²) in [6.45, 7) is 12.1. The van der Waals surface area contributed by atoms with Crippen LogP contribution in [0.5, 0.6) is 5.75 Å². The van der Waals surface area contributed by atoms with Gasteiger partial charge in [0, 0.05) is 25.0 Å². The first-order valence-electron chi connectivity index (χ1n) is 10.4. The number of ether oxygens (including phenoxy) is 1. The van der Waals surface area contributed by atoms with Crippen LogP contribution in [0.2, 0.25) is 0 Å². The van der Waals surface area contributed by atoms with Crippen molar-refractivity contribution in [1.82, 2.24) is 24.9 Å². The van der Waals surface area contributed by atoms with Crippen LogP contribution < -0.4 is 10.1 Å². The lowest BCUT2D eigenvalue weighted by Gasteiger charge is -2.19. The van der Waals surface area contributed by atoms with Crippen molar-refractivity contribution in [1.29, 1.82) is 0 Å². The summed E-state index contributed by atoms with van der Waals surface area (Å²) in [5.41, 5.74) is 3.80. The number of nitrogens with one attached hydrogen (secondary N) is 1. The first-order valence-corrected chi connectivity index (χ1v) is 11.2. The van der Waals surface area contributed by atoms with E-state index >= 15 is 0 Å². The fourth-order valence-corrected chi connectivity index (χ4v) is 3.44. The highest BCUT2D eigenvalue weighted by molar-refractivity contribution is 9.10. The van der Waals surface area contributed by atoms with Crippen LogP contribution in [0.3, 0.4) is 0 Å². The molecule has 0 aliphatic heterocycles. The van der Waals surface area contributed by atoms with Crippen molar-refractivity contribution >= 4 is 21.8 Å². The first kappa shape index (κ1) is 23.1. The highest BCUT2D eigenvalue weighted by atomic mass is 79.9. The molecular formula is C23H30BrN5O2. The van der Waals surface area contributed by atoms with Gasteiger partial charge in [-0.25, -0.2) is 4.68 Å². The van der Waals surface area contributed by atoms with E-state index in [1.807, 2.05) is 30.7 Å². The van der Waals surface area contributed by atoms with E-state index < -0.39 is 0 Å². The Labute approximate surface area is 191 Å². The molecule has 0 radical (unpaired) electrons. The van der Waals surface area contributed by atoms with Gasteiger partial charge in [0.15, 0.2) is 6.73 Å². The Morgan fingerprint density at radius 3 is 2.45 bits per heavy atom.